The van der Waals surface area contributed by atoms with Gasteiger partial charge in [0.25, 0.3) is 0 Å². The number of aryl methyl sites for hydroxylation is 2. The van der Waals surface area contributed by atoms with Crippen molar-refractivity contribution in [1.82, 2.24) is 15.2 Å². The van der Waals surface area contributed by atoms with Crippen molar-refractivity contribution in [1.29, 1.82) is 0 Å². The Morgan fingerprint density at radius 3 is 2.58 bits per heavy atom. The maximum absolute atomic E-state index is 5.71. The average molecular weight is 442 g/mol. The maximum Gasteiger partial charge on any atom is 0.191 e. The molecule has 2 aromatic rings. The van der Waals surface area contributed by atoms with Crippen LogP contribution in [0.1, 0.15) is 23.6 Å². The Morgan fingerprint density at radius 2 is 1.96 bits per heavy atom. The van der Waals surface area contributed by atoms with Gasteiger partial charge in [0.1, 0.15) is 5.75 Å². The van der Waals surface area contributed by atoms with E-state index in [1.807, 2.05) is 24.7 Å². The number of ether oxygens (including phenoxy) is 1. The van der Waals surface area contributed by atoms with Crippen LogP contribution in [-0.2, 0) is 20.1 Å². The molecular formula is C18H27IN4O. The van der Waals surface area contributed by atoms with Gasteiger partial charge in [0.15, 0.2) is 5.96 Å². The molecule has 0 aliphatic rings. The van der Waals surface area contributed by atoms with Crippen LogP contribution in [0.25, 0.3) is 0 Å². The van der Waals surface area contributed by atoms with Gasteiger partial charge in [0.2, 0.25) is 0 Å². The summed E-state index contributed by atoms with van der Waals surface area (Å²) < 4.78 is 7.75. The van der Waals surface area contributed by atoms with Crippen molar-refractivity contribution in [2.75, 3.05) is 13.7 Å². The van der Waals surface area contributed by atoms with E-state index in [9.17, 15) is 0 Å². The third-order valence-electron chi connectivity index (χ3n) is 3.55. The zero-order chi connectivity index (χ0) is 16.7. The largest absolute Gasteiger partial charge is 0.494 e. The number of aromatic nitrogens is 1. The summed E-state index contributed by atoms with van der Waals surface area (Å²) in [5.74, 6) is 1.70. The molecule has 0 amide bonds. The lowest BCUT2D eigenvalue weighted by molar-refractivity contribution is 0.336. The monoisotopic (exact) mass is 442 g/mol. The molecule has 132 valence electrons. The molecule has 2 N–H and O–H groups in total. The predicted octanol–water partition coefficient (Wildman–Crippen LogP) is 3.22. The summed E-state index contributed by atoms with van der Waals surface area (Å²) >= 11 is 0. The minimum atomic E-state index is 0. The lowest BCUT2D eigenvalue weighted by Crippen LogP contribution is -2.36. The molecule has 0 fully saturated rings. The van der Waals surface area contributed by atoms with Gasteiger partial charge in [-0.25, -0.2) is 0 Å². The Labute approximate surface area is 161 Å². The van der Waals surface area contributed by atoms with Gasteiger partial charge < -0.3 is 19.9 Å². The number of hydrogen-bond donors (Lipinski definition) is 2. The van der Waals surface area contributed by atoms with E-state index in [-0.39, 0.29) is 24.0 Å². The van der Waals surface area contributed by atoms with E-state index < -0.39 is 0 Å². The average Bonchev–Trinajstić information content (AvgIpc) is 2.95. The molecule has 0 atom stereocenters. The summed E-state index contributed by atoms with van der Waals surface area (Å²) in [4.78, 5) is 4.26. The number of aliphatic imine (C=N–C) groups is 1. The molecule has 6 heteroatoms. The van der Waals surface area contributed by atoms with Gasteiger partial charge in [0.05, 0.1) is 6.61 Å². The van der Waals surface area contributed by atoms with Crippen LogP contribution in [0.2, 0.25) is 0 Å². The quantitative estimate of drug-likeness (QED) is 0.411. The molecule has 0 aliphatic carbocycles. The number of rotatable bonds is 6. The van der Waals surface area contributed by atoms with Crippen molar-refractivity contribution in [3.63, 3.8) is 0 Å². The van der Waals surface area contributed by atoms with Crippen molar-refractivity contribution in [2.24, 2.45) is 12.0 Å². The third-order valence-corrected chi connectivity index (χ3v) is 3.55. The maximum atomic E-state index is 5.71. The van der Waals surface area contributed by atoms with Crippen LogP contribution in [0.5, 0.6) is 5.75 Å². The zero-order valence-corrected chi connectivity index (χ0v) is 17.1. The van der Waals surface area contributed by atoms with Gasteiger partial charge in [0, 0.05) is 45.1 Å². The van der Waals surface area contributed by atoms with Gasteiger partial charge in [-0.2, -0.15) is 0 Å². The zero-order valence-electron chi connectivity index (χ0n) is 14.8. The molecule has 0 spiro atoms. The van der Waals surface area contributed by atoms with Crippen molar-refractivity contribution >= 4 is 29.9 Å². The first kappa shape index (κ1) is 20.3. The fourth-order valence-electron chi connectivity index (χ4n) is 2.35. The second-order valence-corrected chi connectivity index (χ2v) is 5.51. The molecule has 2 rings (SSSR count). The van der Waals surface area contributed by atoms with Gasteiger partial charge in [-0.15, -0.1) is 24.0 Å². The van der Waals surface area contributed by atoms with Crippen molar-refractivity contribution < 1.29 is 4.74 Å². The molecule has 0 saturated heterocycles. The standard InChI is InChI=1S/C18H26N4O.HI/c1-5-23-17-10-14(2)6-7-16(17)12-21-18(19-3)20-11-15-8-9-22(4)13-15;/h6-10,13H,5,11-12H2,1-4H3,(H2,19,20,21);1H. The normalized spacial score (nSPS) is 10.9. The smallest absolute Gasteiger partial charge is 0.191 e. The van der Waals surface area contributed by atoms with Crippen molar-refractivity contribution in [3.8, 4) is 5.75 Å². The second kappa shape index (κ2) is 10.2. The lowest BCUT2D eigenvalue weighted by Gasteiger charge is -2.14. The van der Waals surface area contributed by atoms with E-state index in [4.69, 9.17) is 4.74 Å². The van der Waals surface area contributed by atoms with Crippen molar-refractivity contribution in [2.45, 2.75) is 26.9 Å². The minimum Gasteiger partial charge on any atom is -0.494 e. The molecule has 24 heavy (non-hydrogen) atoms. The summed E-state index contributed by atoms with van der Waals surface area (Å²) in [5.41, 5.74) is 3.55. The fourth-order valence-corrected chi connectivity index (χ4v) is 2.35. The highest BCUT2D eigenvalue weighted by Crippen LogP contribution is 2.20. The number of nitrogens with one attached hydrogen (secondary N) is 2. The second-order valence-electron chi connectivity index (χ2n) is 5.51. The topological polar surface area (TPSA) is 50.6 Å². The van der Waals surface area contributed by atoms with Crippen LogP contribution in [0, 0.1) is 6.92 Å². The Morgan fingerprint density at radius 1 is 1.21 bits per heavy atom. The van der Waals surface area contributed by atoms with E-state index in [0.717, 1.165) is 23.8 Å². The molecule has 1 heterocycles. The van der Waals surface area contributed by atoms with Crippen LogP contribution in [-0.4, -0.2) is 24.2 Å². The Kier molecular flexibility index (Phi) is 8.67. The SMILES string of the molecule is CCOc1cc(C)ccc1CNC(=NC)NCc1ccn(C)c1.I. The van der Waals surface area contributed by atoms with Crippen molar-refractivity contribution in [3.05, 3.63) is 53.3 Å². The predicted molar refractivity (Wildman–Crippen MR) is 110 cm³/mol. The molecule has 1 aromatic heterocycles. The number of nitrogens with zero attached hydrogens (tertiary/aromatic N) is 2. The molecule has 0 radical (unpaired) electrons. The van der Waals surface area contributed by atoms with Gasteiger partial charge in [-0.3, -0.25) is 4.99 Å². The highest BCUT2D eigenvalue weighted by molar-refractivity contribution is 14.0. The first-order chi connectivity index (χ1) is 11.1. The number of hydrogen-bond acceptors (Lipinski definition) is 2. The molecule has 1 aromatic carbocycles. The Hall–Kier alpha value is -1.70. The summed E-state index contributed by atoms with van der Waals surface area (Å²) in [6.07, 6.45) is 4.13. The molecule has 0 aliphatic heterocycles. The number of guanidine groups is 1. The number of benzene rings is 1. The van der Waals surface area contributed by atoms with E-state index in [1.165, 1.54) is 11.1 Å². The molecule has 0 bridgehead atoms. The van der Waals surface area contributed by atoms with Crippen LogP contribution in [0.3, 0.4) is 0 Å². The van der Waals surface area contributed by atoms with Crippen LogP contribution in [0.15, 0.2) is 41.7 Å². The van der Waals surface area contributed by atoms with E-state index in [0.29, 0.717) is 13.2 Å². The first-order valence-corrected chi connectivity index (χ1v) is 7.90. The fraction of sp³-hybridized carbons (Fsp3) is 0.389. The minimum absolute atomic E-state index is 0. The molecule has 0 unspecified atom stereocenters. The molecule has 0 saturated carbocycles. The van der Waals surface area contributed by atoms with Gasteiger partial charge in [-0.1, -0.05) is 12.1 Å². The highest BCUT2D eigenvalue weighted by atomic mass is 127. The first-order valence-electron chi connectivity index (χ1n) is 7.90. The summed E-state index contributed by atoms with van der Waals surface area (Å²) in [7, 11) is 3.79. The van der Waals surface area contributed by atoms with E-state index in [1.54, 1.807) is 7.05 Å². The Balaban J connectivity index is 0.00000288. The van der Waals surface area contributed by atoms with E-state index in [2.05, 4.69) is 53.0 Å². The van der Waals surface area contributed by atoms with Crippen LogP contribution in [0.4, 0.5) is 0 Å². The van der Waals surface area contributed by atoms with Gasteiger partial charge in [-0.05, 0) is 37.1 Å². The van der Waals surface area contributed by atoms with Gasteiger partial charge >= 0.3 is 0 Å². The van der Waals surface area contributed by atoms with E-state index >= 15 is 0 Å². The Bertz CT molecular complexity index is 667. The van der Waals surface area contributed by atoms with Crippen LogP contribution < -0.4 is 15.4 Å². The molecular weight excluding hydrogens is 415 g/mol. The summed E-state index contributed by atoms with van der Waals surface area (Å²) in [6.45, 7) is 6.15. The lowest BCUT2D eigenvalue weighted by atomic mass is 10.1. The summed E-state index contributed by atoms with van der Waals surface area (Å²) in [6, 6.07) is 8.35. The number of halogens is 1. The molecule has 5 nitrogen and oxygen atoms in total. The summed E-state index contributed by atoms with van der Waals surface area (Å²) in [5, 5.41) is 6.65. The van der Waals surface area contributed by atoms with Crippen LogP contribution >= 0.6 is 24.0 Å². The highest BCUT2D eigenvalue weighted by Gasteiger charge is 2.05. The third kappa shape index (κ3) is 6.07.